The third kappa shape index (κ3) is 3.51. The van der Waals surface area contributed by atoms with E-state index in [9.17, 15) is 4.39 Å². The van der Waals surface area contributed by atoms with E-state index in [2.05, 4.69) is 9.88 Å². The smallest absolute Gasteiger partial charge is 0.125 e. The molecule has 1 aromatic heterocycles. The first-order valence-corrected chi connectivity index (χ1v) is 6.37. The molecule has 0 saturated carbocycles. The molecular weight excluding hydrogens is 241 g/mol. The fourth-order valence-corrected chi connectivity index (χ4v) is 1.92. The zero-order valence-corrected chi connectivity index (χ0v) is 11.0. The number of pyridine rings is 1. The summed E-state index contributed by atoms with van der Waals surface area (Å²) in [4.78, 5) is 6.45. The van der Waals surface area contributed by atoms with Crippen molar-refractivity contribution < 1.29 is 4.39 Å². The Morgan fingerprint density at radius 1 is 1.26 bits per heavy atom. The molecule has 0 aliphatic heterocycles. The van der Waals surface area contributed by atoms with Crippen LogP contribution in [0.4, 0.5) is 10.1 Å². The lowest BCUT2D eigenvalue weighted by molar-refractivity contribution is 0.626. The van der Waals surface area contributed by atoms with Gasteiger partial charge < -0.3 is 10.6 Å². The summed E-state index contributed by atoms with van der Waals surface area (Å²) < 4.78 is 13.2. The Kier molecular flexibility index (Phi) is 4.47. The number of anilines is 1. The van der Waals surface area contributed by atoms with Crippen LogP contribution in [-0.4, -0.2) is 11.5 Å². The van der Waals surface area contributed by atoms with Crippen LogP contribution in [0.15, 0.2) is 42.6 Å². The van der Waals surface area contributed by atoms with Gasteiger partial charge in [-0.15, -0.1) is 0 Å². The molecule has 4 heteroatoms. The minimum Gasteiger partial charge on any atom is -0.366 e. The van der Waals surface area contributed by atoms with Gasteiger partial charge in [-0.1, -0.05) is 12.1 Å². The largest absolute Gasteiger partial charge is 0.366 e. The highest BCUT2D eigenvalue weighted by Gasteiger charge is 2.07. The lowest BCUT2D eigenvalue weighted by atomic mass is 10.2. The minimum absolute atomic E-state index is 0.220. The maximum atomic E-state index is 13.2. The Balaban J connectivity index is 2.14. The molecule has 0 spiro atoms. The lowest BCUT2D eigenvalue weighted by Crippen LogP contribution is -2.22. The summed E-state index contributed by atoms with van der Waals surface area (Å²) in [5.74, 6) is -0.220. The Bertz CT molecular complexity index is 525. The first kappa shape index (κ1) is 13.5. The van der Waals surface area contributed by atoms with Crippen molar-refractivity contribution in [1.29, 1.82) is 0 Å². The normalized spacial score (nSPS) is 10.5. The van der Waals surface area contributed by atoms with Gasteiger partial charge in [0, 0.05) is 25.0 Å². The molecule has 1 aromatic carbocycles. The third-order valence-corrected chi connectivity index (χ3v) is 3.03. The molecule has 0 atom stereocenters. The lowest BCUT2D eigenvalue weighted by Gasteiger charge is -2.22. The first-order valence-electron chi connectivity index (χ1n) is 6.37. The van der Waals surface area contributed by atoms with Crippen molar-refractivity contribution in [1.82, 2.24) is 4.98 Å². The van der Waals surface area contributed by atoms with Gasteiger partial charge >= 0.3 is 0 Å². The molecule has 0 unspecified atom stereocenters. The van der Waals surface area contributed by atoms with Crippen LogP contribution in [-0.2, 0) is 13.1 Å². The van der Waals surface area contributed by atoms with Crippen LogP contribution in [0.2, 0.25) is 0 Å². The van der Waals surface area contributed by atoms with Crippen molar-refractivity contribution in [2.75, 3.05) is 11.4 Å². The summed E-state index contributed by atoms with van der Waals surface area (Å²) in [6, 6.07) is 10.5. The molecule has 0 fully saturated rings. The van der Waals surface area contributed by atoms with Gasteiger partial charge in [0.05, 0.1) is 12.2 Å². The summed E-state index contributed by atoms with van der Waals surface area (Å²) in [6.45, 7) is 3.99. The Morgan fingerprint density at radius 2 is 2.11 bits per heavy atom. The molecule has 0 bridgehead atoms. The fourth-order valence-electron chi connectivity index (χ4n) is 1.92. The summed E-state index contributed by atoms with van der Waals surface area (Å²) in [5.41, 5.74) is 8.37. The SMILES string of the molecule is CCN(Cc1ccc(CN)cn1)c1cccc(F)c1. The Morgan fingerprint density at radius 3 is 2.68 bits per heavy atom. The molecule has 1 heterocycles. The molecule has 2 aromatic rings. The van der Waals surface area contributed by atoms with Gasteiger partial charge in [0.2, 0.25) is 0 Å². The highest BCUT2D eigenvalue weighted by atomic mass is 19.1. The van der Waals surface area contributed by atoms with Crippen LogP contribution in [0.3, 0.4) is 0 Å². The first-order chi connectivity index (χ1) is 9.22. The second-order valence-electron chi connectivity index (χ2n) is 4.36. The number of hydrogen-bond acceptors (Lipinski definition) is 3. The van der Waals surface area contributed by atoms with Crippen molar-refractivity contribution in [3.05, 3.63) is 59.7 Å². The zero-order valence-electron chi connectivity index (χ0n) is 11.0. The van der Waals surface area contributed by atoms with Crippen LogP contribution < -0.4 is 10.6 Å². The highest BCUT2D eigenvalue weighted by molar-refractivity contribution is 5.46. The maximum Gasteiger partial charge on any atom is 0.125 e. The summed E-state index contributed by atoms with van der Waals surface area (Å²) in [6.07, 6.45) is 1.79. The second-order valence-corrected chi connectivity index (χ2v) is 4.36. The number of nitrogens with two attached hydrogens (primary N) is 1. The van der Waals surface area contributed by atoms with E-state index in [0.29, 0.717) is 13.1 Å². The van der Waals surface area contributed by atoms with E-state index in [4.69, 9.17) is 5.73 Å². The number of benzene rings is 1. The molecule has 3 nitrogen and oxygen atoms in total. The second kappa shape index (κ2) is 6.29. The van der Waals surface area contributed by atoms with E-state index in [1.807, 2.05) is 25.1 Å². The maximum absolute atomic E-state index is 13.2. The summed E-state index contributed by atoms with van der Waals surface area (Å²) in [5, 5.41) is 0. The van der Waals surface area contributed by atoms with Crippen LogP contribution in [0.5, 0.6) is 0 Å². The molecule has 0 radical (unpaired) electrons. The Labute approximate surface area is 112 Å². The Hall–Kier alpha value is -1.94. The molecular formula is C15H18FN3. The topological polar surface area (TPSA) is 42.1 Å². The van der Waals surface area contributed by atoms with E-state index in [-0.39, 0.29) is 5.82 Å². The molecule has 2 rings (SSSR count). The van der Waals surface area contributed by atoms with Crippen molar-refractivity contribution in [3.8, 4) is 0 Å². The van der Waals surface area contributed by atoms with Gasteiger partial charge in [0.25, 0.3) is 0 Å². The zero-order chi connectivity index (χ0) is 13.7. The number of hydrogen-bond donors (Lipinski definition) is 1. The van der Waals surface area contributed by atoms with E-state index >= 15 is 0 Å². The average molecular weight is 259 g/mol. The van der Waals surface area contributed by atoms with Crippen molar-refractivity contribution in [2.24, 2.45) is 5.73 Å². The quantitative estimate of drug-likeness (QED) is 0.897. The number of aromatic nitrogens is 1. The van der Waals surface area contributed by atoms with Gasteiger partial charge in [0.1, 0.15) is 5.82 Å². The molecule has 100 valence electrons. The predicted octanol–water partition coefficient (Wildman–Crippen LogP) is 2.71. The van der Waals surface area contributed by atoms with Crippen LogP contribution in [0.25, 0.3) is 0 Å². The highest BCUT2D eigenvalue weighted by Crippen LogP contribution is 2.17. The number of nitrogens with zero attached hydrogens (tertiary/aromatic N) is 2. The number of rotatable bonds is 5. The van der Waals surface area contributed by atoms with Gasteiger partial charge in [-0.2, -0.15) is 0 Å². The summed E-state index contributed by atoms with van der Waals surface area (Å²) >= 11 is 0. The molecule has 0 saturated heterocycles. The van der Waals surface area contributed by atoms with E-state index < -0.39 is 0 Å². The number of halogens is 1. The molecule has 0 aliphatic carbocycles. The van der Waals surface area contributed by atoms with Crippen molar-refractivity contribution >= 4 is 5.69 Å². The standard InChI is InChI=1S/C15H18FN3/c1-2-19(15-5-3-4-13(16)8-15)11-14-7-6-12(9-17)10-18-14/h3-8,10H,2,9,11,17H2,1H3. The van der Waals surface area contributed by atoms with Gasteiger partial charge in [0.15, 0.2) is 0 Å². The van der Waals surface area contributed by atoms with Crippen molar-refractivity contribution in [3.63, 3.8) is 0 Å². The predicted molar refractivity (Wildman–Crippen MR) is 75.3 cm³/mol. The molecule has 0 aliphatic rings. The van der Waals surface area contributed by atoms with Crippen LogP contribution in [0.1, 0.15) is 18.2 Å². The third-order valence-electron chi connectivity index (χ3n) is 3.03. The molecule has 2 N–H and O–H groups in total. The van der Waals surface area contributed by atoms with E-state index in [1.54, 1.807) is 12.3 Å². The van der Waals surface area contributed by atoms with Crippen LogP contribution >= 0.6 is 0 Å². The summed E-state index contributed by atoms with van der Waals surface area (Å²) in [7, 11) is 0. The fraction of sp³-hybridized carbons (Fsp3) is 0.267. The van der Waals surface area contributed by atoms with E-state index in [1.165, 1.54) is 12.1 Å². The van der Waals surface area contributed by atoms with Crippen molar-refractivity contribution in [2.45, 2.75) is 20.0 Å². The van der Waals surface area contributed by atoms with Gasteiger partial charge in [-0.05, 0) is 36.8 Å². The van der Waals surface area contributed by atoms with Gasteiger partial charge in [-0.3, -0.25) is 4.98 Å². The molecule has 19 heavy (non-hydrogen) atoms. The van der Waals surface area contributed by atoms with Gasteiger partial charge in [-0.25, -0.2) is 4.39 Å². The monoisotopic (exact) mass is 259 g/mol. The molecule has 0 amide bonds. The minimum atomic E-state index is -0.220. The van der Waals surface area contributed by atoms with E-state index in [0.717, 1.165) is 23.5 Å². The van der Waals surface area contributed by atoms with Crippen LogP contribution in [0, 0.1) is 5.82 Å². The average Bonchev–Trinajstić information content (AvgIpc) is 2.45.